The van der Waals surface area contributed by atoms with E-state index < -0.39 is 8.07 Å². The molecule has 0 aliphatic heterocycles. The van der Waals surface area contributed by atoms with E-state index in [0.717, 1.165) is 50.5 Å². The molecular weight excluding hydrogens is 685 g/mol. The molecule has 2 aromatic heterocycles. The van der Waals surface area contributed by atoms with Gasteiger partial charge in [-0.3, -0.25) is 0 Å². The minimum atomic E-state index is -2.73. The molecule has 0 saturated carbocycles. The first-order valence-electron chi connectivity index (χ1n) is 19.7. The van der Waals surface area contributed by atoms with Crippen LogP contribution in [0.1, 0.15) is 50.7 Å². The third-order valence-electron chi connectivity index (χ3n) is 11.8. The molecule has 0 bridgehead atoms. The third kappa shape index (κ3) is 5.96. The molecule has 55 heavy (non-hydrogen) atoms. The highest BCUT2D eigenvalue weighted by atomic mass is 28.3. The molecule has 1 unspecified atom stereocenters. The van der Waals surface area contributed by atoms with Crippen molar-refractivity contribution in [3.8, 4) is 11.8 Å². The second-order valence-corrected chi connectivity index (χ2v) is 18.8. The summed E-state index contributed by atoms with van der Waals surface area (Å²) in [6, 6.07) is 62.1. The molecule has 4 heteroatoms. The fraction of sp³-hybridized carbons (Fsp3) is 0.157. The fourth-order valence-corrected chi connectivity index (χ4v) is 13.8. The van der Waals surface area contributed by atoms with E-state index in [-0.39, 0.29) is 0 Å². The van der Waals surface area contributed by atoms with Crippen LogP contribution < -0.4 is 20.7 Å². The topological polar surface area (TPSA) is 41.9 Å². The van der Waals surface area contributed by atoms with Crippen molar-refractivity contribution in [3.63, 3.8) is 0 Å². The molecule has 9 aromatic rings. The summed E-state index contributed by atoms with van der Waals surface area (Å²) >= 11 is 0. The van der Waals surface area contributed by atoms with Crippen LogP contribution in [0.25, 0.3) is 49.4 Å². The van der Waals surface area contributed by atoms with Gasteiger partial charge in [0, 0.05) is 27.2 Å². The average Bonchev–Trinajstić information content (AvgIpc) is 3.78. The summed E-state index contributed by atoms with van der Waals surface area (Å²) in [7, 11) is -2.73. The first kappa shape index (κ1) is 34.6. The molecule has 1 atom stereocenters. The molecule has 268 valence electrons. The summed E-state index contributed by atoms with van der Waals surface area (Å²) in [6.07, 6.45) is 6.02. The Morgan fingerprint density at radius 2 is 1.16 bits per heavy atom. The van der Waals surface area contributed by atoms with Gasteiger partial charge < -0.3 is 8.98 Å². The average molecular weight is 729 g/mol. The highest BCUT2D eigenvalue weighted by molar-refractivity contribution is 7.20. The molecule has 0 saturated heterocycles. The van der Waals surface area contributed by atoms with E-state index in [4.69, 9.17) is 4.42 Å². The van der Waals surface area contributed by atoms with Crippen molar-refractivity contribution in [2.75, 3.05) is 0 Å². The predicted octanol–water partition coefficient (Wildman–Crippen LogP) is 10.7. The minimum Gasteiger partial charge on any atom is -0.456 e. The minimum absolute atomic E-state index is 0.676. The Hall–Kier alpha value is -6.15. The SMILES string of the molecule is CCCCC(CC)Cc1ccc2c(c1)c1cc(C#N)ccc1n2-c1ccc2oc3ccc([Si](c4ccccc4)(c4ccccc4)c4ccccc4)cc3c2c1. The molecule has 3 nitrogen and oxygen atoms in total. The van der Waals surface area contributed by atoms with E-state index in [1.54, 1.807) is 0 Å². The van der Waals surface area contributed by atoms with E-state index in [1.165, 1.54) is 57.4 Å². The van der Waals surface area contributed by atoms with Crippen LogP contribution in [0.15, 0.2) is 168 Å². The largest absolute Gasteiger partial charge is 0.456 e. The second-order valence-electron chi connectivity index (χ2n) is 15.0. The van der Waals surface area contributed by atoms with E-state index in [1.807, 2.05) is 6.07 Å². The van der Waals surface area contributed by atoms with Crippen molar-refractivity contribution < 1.29 is 4.42 Å². The highest BCUT2D eigenvalue weighted by Crippen LogP contribution is 2.37. The molecule has 0 spiro atoms. The van der Waals surface area contributed by atoms with Crippen LogP contribution in [0.2, 0.25) is 0 Å². The smallest absolute Gasteiger partial charge is 0.179 e. The van der Waals surface area contributed by atoms with E-state index in [9.17, 15) is 5.26 Å². The Morgan fingerprint density at radius 1 is 0.582 bits per heavy atom. The summed E-state index contributed by atoms with van der Waals surface area (Å²) in [5.41, 5.74) is 7.11. The summed E-state index contributed by atoms with van der Waals surface area (Å²) in [6.45, 7) is 4.59. The first-order valence-corrected chi connectivity index (χ1v) is 21.7. The number of hydrogen-bond acceptors (Lipinski definition) is 2. The van der Waals surface area contributed by atoms with Gasteiger partial charge in [-0.05, 0) is 93.2 Å². The Balaban J connectivity index is 1.25. The van der Waals surface area contributed by atoms with Gasteiger partial charge in [-0.1, -0.05) is 149 Å². The van der Waals surface area contributed by atoms with E-state index in [2.05, 4.69) is 182 Å². The zero-order valence-electron chi connectivity index (χ0n) is 31.5. The number of fused-ring (bicyclic) bond motifs is 6. The molecule has 0 amide bonds. The van der Waals surface area contributed by atoms with Crippen molar-refractivity contribution in [2.45, 2.75) is 46.0 Å². The van der Waals surface area contributed by atoms with E-state index >= 15 is 0 Å². The number of aromatic nitrogens is 1. The van der Waals surface area contributed by atoms with E-state index in [0.29, 0.717) is 11.5 Å². The number of hydrogen-bond donors (Lipinski definition) is 0. The molecule has 2 heterocycles. The van der Waals surface area contributed by atoms with Gasteiger partial charge in [0.15, 0.2) is 8.07 Å². The van der Waals surface area contributed by atoms with Crippen LogP contribution in [0, 0.1) is 17.2 Å². The van der Waals surface area contributed by atoms with Crippen LogP contribution >= 0.6 is 0 Å². The Morgan fingerprint density at radius 3 is 1.76 bits per heavy atom. The lowest BCUT2D eigenvalue weighted by Gasteiger charge is -2.34. The lowest BCUT2D eigenvalue weighted by molar-refractivity contribution is 0.449. The van der Waals surface area contributed by atoms with Crippen LogP contribution in [0.4, 0.5) is 0 Å². The lowest BCUT2D eigenvalue weighted by Crippen LogP contribution is -2.74. The maximum Gasteiger partial charge on any atom is 0.179 e. The third-order valence-corrected chi connectivity index (χ3v) is 16.6. The van der Waals surface area contributed by atoms with Gasteiger partial charge in [-0.25, -0.2) is 0 Å². The van der Waals surface area contributed by atoms with Crippen molar-refractivity contribution in [1.82, 2.24) is 4.57 Å². The number of unbranched alkanes of at least 4 members (excludes halogenated alkanes) is 1. The summed E-state index contributed by atoms with van der Waals surface area (Å²) in [5.74, 6) is 0.676. The standard InChI is InChI=1S/C51H44N2OSi/c1-3-5-15-36(4-2)30-37-22-26-48-44(31-37)45-32-38(35-52)23-27-49(45)53(48)39-24-28-50-46(33-39)47-34-43(25-29-51(47)54-50)55(40-16-9-6-10-17-40,41-18-11-7-12-19-41)42-20-13-8-14-21-42/h6-14,16-29,31-34,36H,3-5,15,30H2,1-2H3. The summed E-state index contributed by atoms with van der Waals surface area (Å²) < 4.78 is 8.94. The lowest BCUT2D eigenvalue weighted by atomic mass is 9.91. The second kappa shape index (κ2) is 14.6. The summed E-state index contributed by atoms with van der Waals surface area (Å²) in [5, 5.41) is 19.8. The van der Waals surface area contributed by atoms with Crippen molar-refractivity contribution >= 4 is 72.6 Å². The Kier molecular flexibility index (Phi) is 9.18. The fourth-order valence-electron chi connectivity index (χ4n) is 9.02. The van der Waals surface area contributed by atoms with Gasteiger partial charge in [0.2, 0.25) is 0 Å². The maximum absolute atomic E-state index is 9.91. The highest BCUT2D eigenvalue weighted by Gasteiger charge is 2.41. The molecule has 0 N–H and O–H groups in total. The van der Waals surface area contributed by atoms with Crippen LogP contribution in [-0.4, -0.2) is 12.6 Å². The number of nitrogens with zero attached hydrogens (tertiary/aromatic N) is 2. The molecule has 0 aliphatic carbocycles. The Labute approximate surface area is 324 Å². The zero-order valence-corrected chi connectivity index (χ0v) is 32.5. The molecule has 0 aliphatic rings. The van der Waals surface area contributed by atoms with Gasteiger partial charge in [-0.2, -0.15) is 5.26 Å². The van der Waals surface area contributed by atoms with Crippen molar-refractivity contribution in [1.29, 1.82) is 5.26 Å². The molecule has 0 radical (unpaired) electrons. The number of nitriles is 1. The number of furan rings is 1. The molecule has 9 rings (SSSR count). The van der Waals surface area contributed by atoms with Gasteiger partial charge in [0.05, 0.1) is 22.7 Å². The number of rotatable bonds is 11. The van der Waals surface area contributed by atoms with Crippen molar-refractivity contribution in [3.05, 3.63) is 175 Å². The first-order chi connectivity index (χ1) is 27.1. The molecule has 0 fully saturated rings. The normalized spacial score (nSPS) is 12.5. The monoisotopic (exact) mass is 728 g/mol. The summed E-state index contributed by atoms with van der Waals surface area (Å²) in [4.78, 5) is 0. The Bertz CT molecular complexity index is 2730. The maximum atomic E-state index is 9.91. The van der Waals surface area contributed by atoms with Gasteiger partial charge >= 0.3 is 0 Å². The number of benzene rings is 7. The van der Waals surface area contributed by atoms with Crippen LogP contribution in [-0.2, 0) is 6.42 Å². The quantitative estimate of drug-likeness (QED) is 0.0983. The zero-order chi connectivity index (χ0) is 37.4. The van der Waals surface area contributed by atoms with Crippen molar-refractivity contribution in [2.24, 2.45) is 5.92 Å². The van der Waals surface area contributed by atoms with Crippen LogP contribution in [0.5, 0.6) is 0 Å². The van der Waals surface area contributed by atoms with Gasteiger partial charge in [0.1, 0.15) is 11.2 Å². The van der Waals surface area contributed by atoms with Gasteiger partial charge in [-0.15, -0.1) is 0 Å². The van der Waals surface area contributed by atoms with Gasteiger partial charge in [0.25, 0.3) is 0 Å². The van der Waals surface area contributed by atoms with Crippen LogP contribution in [0.3, 0.4) is 0 Å². The molecular formula is C51H44N2OSi. The predicted molar refractivity (Wildman–Crippen MR) is 233 cm³/mol. The molecule has 7 aromatic carbocycles.